The Labute approximate surface area is 298 Å². The molecule has 5 aromatic heterocycles. The molecule has 5 heterocycles. The Morgan fingerprint density at radius 1 is 0.538 bits per heavy atom. The fraction of sp³-hybridized carbons (Fsp3) is 0.0667. The van der Waals surface area contributed by atoms with Crippen molar-refractivity contribution in [2.24, 2.45) is 21.1 Å². The number of hydrogen-bond donors (Lipinski definition) is 0. The summed E-state index contributed by atoms with van der Waals surface area (Å²) in [7, 11) is 6.40. The molecule has 0 aliphatic heterocycles. The first-order valence-corrected chi connectivity index (χ1v) is 17.5. The van der Waals surface area contributed by atoms with Gasteiger partial charge in [0.05, 0.1) is 45.8 Å². The Kier molecular flexibility index (Phi) is 5.88. The smallest absolute Gasteiger partial charge is 0.244 e. The van der Waals surface area contributed by atoms with Crippen LogP contribution in [0.15, 0.2) is 140 Å². The first kappa shape index (κ1) is 28.9. The topological polar surface area (TPSA) is 45.7 Å². The molecule has 7 nitrogen and oxygen atoms in total. The highest BCUT2D eigenvalue weighted by atomic mass is 16.5. The van der Waals surface area contributed by atoms with Crippen molar-refractivity contribution in [2.45, 2.75) is 0 Å². The van der Waals surface area contributed by atoms with Gasteiger partial charge in [0.25, 0.3) is 0 Å². The van der Waals surface area contributed by atoms with Crippen molar-refractivity contribution >= 4 is 76.5 Å². The van der Waals surface area contributed by atoms with E-state index in [1.54, 1.807) is 0 Å². The van der Waals surface area contributed by atoms with E-state index < -0.39 is 0 Å². The van der Waals surface area contributed by atoms with Crippen molar-refractivity contribution in [2.75, 3.05) is 0 Å². The van der Waals surface area contributed by atoms with E-state index in [1.165, 1.54) is 49.0 Å². The molecular formula is C45H32N6O. The van der Waals surface area contributed by atoms with Crippen LogP contribution in [0.4, 0.5) is 0 Å². The molecule has 0 unspecified atom stereocenters. The lowest BCUT2D eigenvalue weighted by molar-refractivity contribution is -0.572. The Morgan fingerprint density at radius 2 is 1.19 bits per heavy atom. The molecule has 0 saturated heterocycles. The Hall–Kier alpha value is -6.86. The zero-order chi connectivity index (χ0) is 34.7. The number of fused-ring (bicyclic) bond motifs is 13. The van der Waals surface area contributed by atoms with Crippen molar-refractivity contribution in [3.05, 3.63) is 146 Å². The molecular weight excluding hydrogens is 641 g/mol. The molecule has 11 rings (SSSR count). The normalized spacial score (nSPS) is 12.1. The third-order valence-electron chi connectivity index (χ3n) is 10.8. The number of pyridine rings is 1. The number of para-hydroxylation sites is 4. The van der Waals surface area contributed by atoms with Crippen LogP contribution in [0.5, 0.6) is 11.5 Å². The van der Waals surface area contributed by atoms with E-state index in [2.05, 4.69) is 154 Å². The molecule has 0 spiro atoms. The minimum absolute atomic E-state index is 0.748. The van der Waals surface area contributed by atoms with Crippen LogP contribution < -0.4 is 9.30 Å². The van der Waals surface area contributed by atoms with Gasteiger partial charge in [-0.25, -0.2) is 4.98 Å². The predicted octanol–water partition coefficient (Wildman–Crippen LogP) is 9.83. The molecule has 0 radical (unpaired) electrons. The van der Waals surface area contributed by atoms with Gasteiger partial charge < -0.3 is 23.0 Å². The van der Waals surface area contributed by atoms with Gasteiger partial charge >= 0.3 is 0 Å². The molecule has 0 aliphatic carbocycles. The second-order valence-corrected chi connectivity index (χ2v) is 13.6. The SMILES string of the molecule is Cn1[c-][n+](-c2cccc(Oc3ccc4c5c6c(c7ccccc7n6C)c6c7ccccc7n(C)c6c5n(-c5ccccn5)c4c3)c2)c2ccccc21. The quantitative estimate of drug-likeness (QED) is 0.138. The van der Waals surface area contributed by atoms with Gasteiger partial charge in [-0.3, -0.25) is 4.57 Å². The van der Waals surface area contributed by atoms with Crippen molar-refractivity contribution in [1.29, 1.82) is 0 Å². The lowest BCUT2D eigenvalue weighted by Gasteiger charge is -2.11. The van der Waals surface area contributed by atoms with Crippen molar-refractivity contribution in [1.82, 2.24) is 23.3 Å². The minimum atomic E-state index is 0.748. The molecule has 0 N–H and O–H groups in total. The second-order valence-electron chi connectivity index (χ2n) is 13.6. The highest BCUT2D eigenvalue weighted by Crippen LogP contribution is 2.48. The number of imidazole rings is 1. The molecule has 7 heteroatoms. The molecule has 11 aromatic rings. The molecule has 6 aromatic carbocycles. The van der Waals surface area contributed by atoms with Crippen LogP contribution in [-0.4, -0.2) is 23.3 Å². The van der Waals surface area contributed by atoms with Gasteiger partial charge in [0.1, 0.15) is 17.3 Å². The van der Waals surface area contributed by atoms with Gasteiger partial charge in [-0.2, -0.15) is 0 Å². The summed E-state index contributed by atoms with van der Waals surface area (Å²) in [6.07, 6.45) is 5.32. The van der Waals surface area contributed by atoms with Gasteiger partial charge in [-0.15, -0.1) is 0 Å². The summed E-state index contributed by atoms with van der Waals surface area (Å²) < 4.78 is 17.8. The number of aryl methyl sites for hydroxylation is 3. The van der Waals surface area contributed by atoms with E-state index in [0.717, 1.165) is 50.5 Å². The largest absolute Gasteiger partial charge is 0.458 e. The summed E-state index contributed by atoms with van der Waals surface area (Å²) in [6, 6.07) is 46.6. The maximum atomic E-state index is 6.69. The fourth-order valence-corrected chi connectivity index (χ4v) is 8.60. The first-order valence-electron chi connectivity index (χ1n) is 17.5. The number of aromatic nitrogens is 6. The molecule has 0 atom stereocenters. The first-order chi connectivity index (χ1) is 25.6. The van der Waals surface area contributed by atoms with E-state index >= 15 is 0 Å². The van der Waals surface area contributed by atoms with Crippen LogP contribution in [0.2, 0.25) is 0 Å². The van der Waals surface area contributed by atoms with E-state index in [1.807, 2.05) is 36.0 Å². The minimum Gasteiger partial charge on any atom is -0.458 e. The Morgan fingerprint density at radius 3 is 1.96 bits per heavy atom. The van der Waals surface area contributed by atoms with Gasteiger partial charge in [-0.1, -0.05) is 78.9 Å². The van der Waals surface area contributed by atoms with Crippen LogP contribution in [0.25, 0.3) is 88.0 Å². The fourth-order valence-electron chi connectivity index (χ4n) is 8.60. The summed E-state index contributed by atoms with van der Waals surface area (Å²) in [5.41, 5.74) is 10.1. The number of ether oxygens (including phenoxy) is 1. The van der Waals surface area contributed by atoms with Gasteiger partial charge in [0, 0.05) is 69.7 Å². The lowest BCUT2D eigenvalue weighted by Crippen LogP contribution is -2.29. The van der Waals surface area contributed by atoms with Crippen molar-refractivity contribution < 1.29 is 9.30 Å². The van der Waals surface area contributed by atoms with Crippen LogP contribution in [0, 0.1) is 6.33 Å². The molecule has 0 bridgehead atoms. The molecule has 0 saturated carbocycles. The maximum absolute atomic E-state index is 6.69. The third-order valence-corrected chi connectivity index (χ3v) is 10.8. The number of benzene rings is 6. The summed E-state index contributed by atoms with van der Waals surface area (Å²) in [5, 5.41) is 7.37. The third kappa shape index (κ3) is 3.85. The van der Waals surface area contributed by atoms with Gasteiger partial charge in [0.2, 0.25) is 6.33 Å². The van der Waals surface area contributed by atoms with Crippen molar-refractivity contribution in [3.63, 3.8) is 0 Å². The summed E-state index contributed by atoms with van der Waals surface area (Å²) in [5.74, 6) is 2.35. The highest BCUT2D eigenvalue weighted by molar-refractivity contribution is 6.40. The summed E-state index contributed by atoms with van der Waals surface area (Å²) in [4.78, 5) is 4.94. The number of rotatable bonds is 4. The van der Waals surface area contributed by atoms with Crippen LogP contribution >= 0.6 is 0 Å². The zero-order valence-electron chi connectivity index (χ0n) is 28.9. The van der Waals surface area contributed by atoms with Crippen LogP contribution in [0.3, 0.4) is 0 Å². The maximum Gasteiger partial charge on any atom is 0.244 e. The van der Waals surface area contributed by atoms with E-state index in [4.69, 9.17) is 9.72 Å². The zero-order valence-corrected chi connectivity index (χ0v) is 28.9. The standard InChI is InChI=1S/C45H32N6O/c1-47-27-50(37-20-9-8-19-36(37)47)28-13-12-14-29(25-28)52-30-22-23-33-38(26-30)51(39-21-10-11-24-46-39)45-42(33)43-40(31-15-4-6-17-34(31)48(43)2)41-32-16-5-7-18-35(32)49(3)44(41)45/h4-26H,1-3H3. The van der Waals surface area contributed by atoms with Crippen LogP contribution in [-0.2, 0) is 21.1 Å². The molecule has 52 heavy (non-hydrogen) atoms. The molecule has 248 valence electrons. The average molecular weight is 673 g/mol. The van der Waals surface area contributed by atoms with E-state index in [9.17, 15) is 0 Å². The lowest BCUT2D eigenvalue weighted by atomic mass is 10.0. The Bertz CT molecular complexity index is 3250. The molecule has 0 fully saturated rings. The van der Waals surface area contributed by atoms with Crippen LogP contribution in [0.1, 0.15) is 0 Å². The van der Waals surface area contributed by atoms with E-state index in [0.29, 0.717) is 0 Å². The summed E-state index contributed by atoms with van der Waals surface area (Å²) in [6.45, 7) is 0. The van der Waals surface area contributed by atoms with E-state index in [-0.39, 0.29) is 0 Å². The predicted molar refractivity (Wildman–Crippen MR) is 210 cm³/mol. The monoisotopic (exact) mass is 672 g/mol. The van der Waals surface area contributed by atoms with Gasteiger partial charge in [0.15, 0.2) is 0 Å². The summed E-state index contributed by atoms with van der Waals surface area (Å²) >= 11 is 0. The van der Waals surface area contributed by atoms with Gasteiger partial charge in [-0.05, 0) is 48.5 Å². The van der Waals surface area contributed by atoms with Crippen molar-refractivity contribution in [3.8, 4) is 23.0 Å². The second kappa shape index (κ2) is 10.6. The number of hydrogen-bond acceptors (Lipinski definition) is 2. The molecule has 0 amide bonds. The number of nitrogens with zero attached hydrogens (tertiary/aromatic N) is 6. The Balaban J connectivity index is 1.21. The average Bonchev–Trinajstić information content (AvgIpc) is 3.89. The highest BCUT2D eigenvalue weighted by Gasteiger charge is 2.27. The molecule has 0 aliphatic rings.